The fourth-order valence-electron chi connectivity index (χ4n) is 4.26. The van der Waals surface area contributed by atoms with E-state index in [1.165, 1.54) is 47.7 Å². The second kappa shape index (κ2) is 11.3. The summed E-state index contributed by atoms with van der Waals surface area (Å²) in [5, 5.41) is 2.31. The summed E-state index contributed by atoms with van der Waals surface area (Å²) in [6.07, 6.45) is 13.1. The van der Waals surface area contributed by atoms with E-state index in [4.69, 9.17) is 0 Å². The maximum atomic E-state index is 12.6. The van der Waals surface area contributed by atoms with Crippen molar-refractivity contribution in [2.75, 3.05) is 19.3 Å². The van der Waals surface area contributed by atoms with Crippen molar-refractivity contribution >= 4 is 23.1 Å². The summed E-state index contributed by atoms with van der Waals surface area (Å²) in [4.78, 5) is 29.9. The van der Waals surface area contributed by atoms with Gasteiger partial charge in [0.05, 0.1) is 0 Å². The number of piperidine rings is 1. The molecule has 170 valence electrons. The van der Waals surface area contributed by atoms with Crippen LogP contribution in [0.4, 0.5) is 0 Å². The first-order valence-corrected chi connectivity index (χ1v) is 13.6. The molecule has 0 radical (unpaired) electrons. The number of aromatic nitrogens is 3. The Morgan fingerprint density at radius 3 is 2.69 bits per heavy atom. The molecular formula is C25H32N4OS2. The number of pyridine rings is 1. The third kappa shape index (κ3) is 6.09. The van der Waals surface area contributed by atoms with E-state index in [0.717, 1.165) is 42.9 Å². The van der Waals surface area contributed by atoms with Gasteiger partial charge in [-0.2, -0.15) is 0 Å². The number of nitrogens with one attached hydrogen (secondary N) is 1. The third-order valence-corrected chi connectivity index (χ3v) is 8.08. The lowest BCUT2D eigenvalue weighted by Gasteiger charge is -2.26. The van der Waals surface area contributed by atoms with Crippen LogP contribution in [0.2, 0.25) is 0 Å². The van der Waals surface area contributed by atoms with Gasteiger partial charge >= 0.3 is 0 Å². The van der Waals surface area contributed by atoms with E-state index >= 15 is 0 Å². The van der Waals surface area contributed by atoms with E-state index in [1.807, 2.05) is 48.4 Å². The number of rotatable bonds is 9. The van der Waals surface area contributed by atoms with Gasteiger partial charge in [-0.15, -0.1) is 23.1 Å². The molecule has 1 saturated heterocycles. The molecule has 1 fully saturated rings. The van der Waals surface area contributed by atoms with Crippen molar-refractivity contribution in [1.29, 1.82) is 0 Å². The SMILES string of the molecule is CSc1csc(CN2CCCCC2)c1CCCc1ncc(Cc2ccc(C)nc2)c(=O)[nH]1. The highest BCUT2D eigenvalue weighted by atomic mass is 32.2. The lowest BCUT2D eigenvalue weighted by atomic mass is 10.1. The summed E-state index contributed by atoms with van der Waals surface area (Å²) in [7, 11) is 0. The number of hydrogen-bond acceptors (Lipinski definition) is 6. The molecule has 1 aliphatic heterocycles. The molecule has 0 aromatic carbocycles. The Hall–Kier alpha value is -1.96. The molecule has 0 bridgehead atoms. The average molecular weight is 469 g/mol. The molecule has 0 aliphatic carbocycles. The van der Waals surface area contributed by atoms with Gasteiger partial charge in [0.25, 0.3) is 5.56 Å². The summed E-state index contributed by atoms with van der Waals surface area (Å²) >= 11 is 3.75. The van der Waals surface area contributed by atoms with Gasteiger partial charge in [-0.25, -0.2) is 4.98 Å². The van der Waals surface area contributed by atoms with Gasteiger partial charge in [-0.1, -0.05) is 12.5 Å². The van der Waals surface area contributed by atoms with Crippen molar-refractivity contribution in [3.05, 3.63) is 73.3 Å². The van der Waals surface area contributed by atoms with Crippen LogP contribution in [0.3, 0.4) is 0 Å². The van der Waals surface area contributed by atoms with Crippen molar-refractivity contribution < 1.29 is 0 Å². The number of thioether (sulfide) groups is 1. The molecule has 0 saturated carbocycles. The van der Waals surface area contributed by atoms with Crippen LogP contribution in [0.1, 0.15) is 58.8 Å². The van der Waals surface area contributed by atoms with Crippen molar-refractivity contribution in [3.8, 4) is 0 Å². The van der Waals surface area contributed by atoms with Crippen LogP contribution in [-0.2, 0) is 25.8 Å². The van der Waals surface area contributed by atoms with Crippen LogP contribution in [0.25, 0.3) is 0 Å². The highest BCUT2D eigenvalue weighted by molar-refractivity contribution is 7.98. The first-order valence-electron chi connectivity index (χ1n) is 11.5. The van der Waals surface area contributed by atoms with Gasteiger partial charge in [0.2, 0.25) is 0 Å². The van der Waals surface area contributed by atoms with Crippen LogP contribution in [-0.4, -0.2) is 39.2 Å². The number of thiophene rings is 1. The zero-order valence-electron chi connectivity index (χ0n) is 19.0. The zero-order chi connectivity index (χ0) is 22.3. The van der Waals surface area contributed by atoms with Crippen molar-refractivity contribution in [2.45, 2.75) is 63.3 Å². The van der Waals surface area contributed by atoms with E-state index in [1.54, 1.807) is 6.20 Å². The maximum absolute atomic E-state index is 12.6. The first kappa shape index (κ1) is 23.2. The van der Waals surface area contributed by atoms with E-state index < -0.39 is 0 Å². The smallest absolute Gasteiger partial charge is 0.254 e. The summed E-state index contributed by atoms with van der Waals surface area (Å²) < 4.78 is 0. The molecule has 32 heavy (non-hydrogen) atoms. The molecule has 7 heteroatoms. The van der Waals surface area contributed by atoms with Crippen LogP contribution in [0.5, 0.6) is 0 Å². The number of hydrogen-bond donors (Lipinski definition) is 1. The molecule has 3 aromatic heterocycles. The minimum Gasteiger partial charge on any atom is -0.310 e. The number of nitrogens with zero attached hydrogens (tertiary/aromatic N) is 3. The number of likely N-dealkylation sites (tertiary alicyclic amines) is 1. The zero-order valence-corrected chi connectivity index (χ0v) is 20.7. The summed E-state index contributed by atoms with van der Waals surface area (Å²) in [5.74, 6) is 0.777. The standard InChI is InChI=1S/C25H32N4OS2/c1-18-9-10-19(14-26-18)13-20-15-27-24(28-25(20)30)8-6-7-21-22(32-17-23(21)31-2)16-29-11-4-3-5-12-29/h9-10,14-15,17H,3-8,11-13,16H2,1-2H3,(H,27,28,30). The van der Waals surface area contributed by atoms with Gasteiger partial charge in [0.1, 0.15) is 5.82 Å². The van der Waals surface area contributed by atoms with Crippen LogP contribution < -0.4 is 5.56 Å². The second-order valence-electron chi connectivity index (χ2n) is 8.57. The third-order valence-electron chi connectivity index (χ3n) is 6.11. The summed E-state index contributed by atoms with van der Waals surface area (Å²) in [6.45, 7) is 5.49. The van der Waals surface area contributed by atoms with Gasteiger partial charge in [-0.05, 0) is 69.1 Å². The van der Waals surface area contributed by atoms with E-state index in [9.17, 15) is 4.79 Å². The number of aryl methyl sites for hydroxylation is 2. The van der Waals surface area contributed by atoms with E-state index in [2.05, 4.69) is 31.5 Å². The molecule has 0 spiro atoms. The first-order chi connectivity index (χ1) is 15.6. The lowest BCUT2D eigenvalue weighted by molar-refractivity contribution is 0.222. The van der Waals surface area contributed by atoms with Crippen LogP contribution in [0, 0.1) is 6.92 Å². The minimum atomic E-state index is -0.0401. The molecule has 4 heterocycles. The number of aromatic amines is 1. The Labute approximate surface area is 198 Å². The molecule has 0 unspecified atom stereocenters. The Kier molecular flexibility index (Phi) is 8.16. The Morgan fingerprint density at radius 1 is 1.12 bits per heavy atom. The van der Waals surface area contributed by atoms with Crippen molar-refractivity contribution in [3.63, 3.8) is 0 Å². The molecule has 5 nitrogen and oxygen atoms in total. The van der Waals surface area contributed by atoms with Gasteiger partial charge in [-0.3, -0.25) is 14.7 Å². The maximum Gasteiger partial charge on any atom is 0.254 e. The predicted octanol–water partition coefficient (Wildman–Crippen LogP) is 5.01. The lowest BCUT2D eigenvalue weighted by Crippen LogP contribution is -2.29. The Bertz CT molecular complexity index is 1070. The second-order valence-corrected chi connectivity index (χ2v) is 10.4. The van der Waals surface area contributed by atoms with Crippen molar-refractivity contribution in [1.82, 2.24) is 19.9 Å². The van der Waals surface area contributed by atoms with Gasteiger partial charge in [0, 0.05) is 58.2 Å². The minimum absolute atomic E-state index is 0.0401. The molecule has 0 amide bonds. The fourth-order valence-corrected chi connectivity index (χ4v) is 6.33. The van der Waals surface area contributed by atoms with Gasteiger partial charge in [0.15, 0.2) is 0 Å². The normalized spacial score (nSPS) is 14.7. The molecular weight excluding hydrogens is 436 g/mol. The molecule has 0 atom stereocenters. The Morgan fingerprint density at radius 2 is 1.97 bits per heavy atom. The fraction of sp³-hybridized carbons (Fsp3) is 0.480. The molecule has 1 N–H and O–H groups in total. The van der Waals surface area contributed by atoms with Crippen LogP contribution in [0.15, 0.2) is 39.6 Å². The van der Waals surface area contributed by atoms with Crippen LogP contribution >= 0.6 is 23.1 Å². The van der Waals surface area contributed by atoms with Crippen molar-refractivity contribution in [2.24, 2.45) is 0 Å². The summed E-state index contributed by atoms with van der Waals surface area (Å²) in [6, 6.07) is 3.99. The highest BCUT2D eigenvalue weighted by Gasteiger charge is 2.16. The molecule has 3 aromatic rings. The largest absolute Gasteiger partial charge is 0.310 e. The van der Waals surface area contributed by atoms with E-state index in [0.29, 0.717) is 12.0 Å². The summed E-state index contributed by atoms with van der Waals surface area (Å²) in [5.41, 5.74) is 4.15. The highest BCUT2D eigenvalue weighted by Crippen LogP contribution is 2.32. The van der Waals surface area contributed by atoms with E-state index in [-0.39, 0.29) is 5.56 Å². The molecule has 1 aliphatic rings. The van der Waals surface area contributed by atoms with Gasteiger partial charge < -0.3 is 4.98 Å². The Balaban J connectivity index is 1.36. The average Bonchev–Trinajstić information content (AvgIpc) is 3.19. The monoisotopic (exact) mass is 468 g/mol. The quantitative estimate of drug-likeness (QED) is 0.447. The molecule has 4 rings (SSSR count). The number of H-pyrrole nitrogens is 1. The predicted molar refractivity (Wildman–Crippen MR) is 134 cm³/mol. The topological polar surface area (TPSA) is 61.9 Å².